The Morgan fingerprint density at radius 3 is 1.88 bits per heavy atom. The van der Waals surface area contributed by atoms with Crippen LogP contribution in [0.2, 0.25) is 0 Å². The molecule has 1 aliphatic heterocycles. The molecule has 7 nitrogen and oxygen atoms in total. The average Bonchev–Trinajstić information content (AvgIpc) is 3.17. The number of nitrogens with zero attached hydrogens (tertiary/aromatic N) is 2. The lowest BCUT2D eigenvalue weighted by atomic mass is 10.1. The Hall–Kier alpha value is -2.71. The molecule has 0 atom stereocenters. The molecule has 0 radical (unpaired) electrons. The van der Waals surface area contributed by atoms with Crippen LogP contribution >= 0.6 is 11.3 Å². The number of thiophene rings is 1. The molecule has 0 spiro atoms. The number of rotatable bonds is 3. The molecular formula is C18H19F6N3O4S. The zero-order valence-electron chi connectivity index (χ0n) is 16.3. The molecule has 0 amide bonds. The minimum Gasteiger partial charge on any atom is -0.475 e. The van der Waals surface area contributed by atoms with Gasteiger partial charge in [0.1, 0.15) is 0 Å². The molecule has 178 valence electrons. The Morgan fingerprint density at radius 2 is 1.44 bits per heavy atom. The summed E-state index contributed by atoms with van der Waals surface area (Å²) in [6.07, 6.45) is -6.47. The number of carboxylic acids is 2. The second-order valence-electron chi connectivity index (χ2n) is 6.17. The Bertz CT molecular complexity index is 828. The van der Waals surface area contributed by atoms with Gasteiger partial charge in [0.05, 0.1) is 0 Å². The predicted molar refractivity (Wildman–Crippen MR) is 103 cm³/mol. The van der Waals surface area contributed by atoms with Crippen LogP contribution in [-0.4, -0.2) is 70.6 Å². The molecule has 0 bridgehead atoms. The Morgan fingerprint density at radius 1 is 0.969 bits per heavy atom. The van der Waals surface area contributed by atoms with E-state index in [1.54, 1.807) is 0 Å². The number of halogens is 6. The van der Waals surface area contributed by atoms with Crippen LogP contribution in [0.1, 0.15) is 4.88 Å². The van der Waals surface area contributed by atoms with Crippen molar-refractivity contribution in [1.82, 2.24) is 15.2 Å². The number of carboxylic acid groups (broad SMARTS) is 2. The Labute approximate surface area is 182 Å². The summed E-state index contributed by atoms with van der Waals surface area (Å²) in [5, 5.41) is 19.9. The molecule has 0 unspecified atom stereocenters. The lowest BCUT2D eigenvalue weighted by Crippen LogP contribution is -2.42. The lowest BCUT2D eigenvalue weighted by Gasteiger charge is -2.26. The predicted octanol–water partition coefficient (Wildman–Crippen LogP) is 3.48. The normalized spacial score (nSPS) is 14.4. The van der Waals surface area contributed by atoms with Gasteiger partial charge in [-0.05, 0) is 34.7 Å². The van der Waals surface area contributed by atoms with E-state index in [1.165, 1.54) is 16.0 Å². The third kappa shape index (κ3) is 10.5. The summed E-state index contributed by atoms with van der Waals surface area (Å²) < 4.78 is 63.5. The van der Waals surface area contributed by atoms with Crippen LogP contribution in [-0.2, 0) is 16.1 Å². The third-order valence-electron chi connectivity index (χ3n) is 3.74. The van der Waals surface area contributed by atoms with Gasteiger partial charge in [-0.3, -0.25) is 9.88 Å². The summed E-state index contributed by atoms with van der Waals surface area (Å²) >= 11 is 1.86. The van der Waals surface area contributed by atoms with Gasteiger partial charge in [0.25, 0.3) is 0 Å². The van der Waals surface area contributed by atoms with Crippen molar-refractivity contribution < 1.29 is 46.1 Å². The molecule has 1 fully saturated rings. The second kappa shape index (κ2) is 12.4. The van der Waals surface area contributed by atoms with Crippen molar-refractivity contribution in [2.75, 3.05) is 26.2 Å². The maximum Gasteiger partial charge on any atom is 0.490 e. The minimum atomic E-state index is -5.08. The molecular weight excluding hydrogens is 468 g/mol. The quantitative estimate of drug-likeness (QED) is 0.570. The van der Waals surface area contributed by atoms with Crippen molar-refractivity contribution in [2.45, 2.75) is 18.9 Å². The zero-order chi connectivity index (χ0) is 24.4. The van der Waals surface area contributed by atoms with Crippen LogP contribution in [0, 0.1) is 0 Å². The molecule has 3 heterocycles. The molecule has 2 aromatic rings. The lowest BCUT2D eigenvalue weighted by molar-refractivity contribution is -0.193. The van der Waals surface area contributed by atoms with Crippen molar-refractivity contribution in [3.8, 4) is 11.1 Å². The molecule has 0 aromatic carbocycles. The molecule has 3 N–H and O–H groups in total. The fourth-order valence-corrected chi connectivity index (χ4v) is 3.18. The number of aliphatic carboxylic acids is 2. The highest BCUT2D eigenvalue weighted by Crippen LogP contribution is 2.26. The summed E-state index contributed by atoms with van der Waals surface area (Å²) in [7, 11) is 0. The number of piperazine rings is 1. The van der Waals surface area contributed by atoms with Crippen molar-refractivity contribution in [3.63, 3.8) is 0 Å². The largest absolute Gasteiger partial charge is 0.490 e. The molecule has 2 aromatic heterocycles. The molecule has 32 heavy (non-hydrogen) atoms. The number of alkyl halides is 6. The maximum absolute atomic E-state index is 10.6. The molecule has 14 heteroatoms. The van der Waals surface area contributed by atoms with Crippen LogP contribution in [0.4, 0.5) is 26.3 Å². The molecule has 1 aliphatic rings. The van der Waals surface area contributed by atoms with Gasteiger partial charge in [0, 0.05) is 50.0 Å². The van der Waals surface area contributed by atoms with E-state index in [1.807, 2.05) is 23.7 Å². The van der Waals surface area contributed by atoms with E-state index in [0.29, 0.717) is 0 Å². The molecule has 1 saturated heterocycles. The van der Waals surface area contributed by atoms with E-state index in [2.05, 4.69) is 38.8 Å². The van der Waals surface area contributed by atoms with E-state index in [-0.39, 0.29) is 0 Å². The van der Waals surface area contributed by atoms with E-state index >= 15 is 0 Å². The minimum absolute atomic E-state index is 1.08. The van der Waals surface area contributed by atoms with Gasteiger partial charge in [0.2, 0.25) is 0 Å². The Balaban J connectivity index is 0.000000305. The molecule has 3 rings (SSSR count). The van der Waals surface area contributed by atoms with Crippen molar-refractivity contribution in [2.24, 2.45) is 0 Å². The number of pyridine rings is 1. The number of carbonyl (C=O) groups is 2. The number of aromatic nitrogens is 1. The van der Waals surface area contributed by atoms with Crippen molar-refractivity contribution in [3.05, 3.63) is 40.8 Å². The average molecular weight is 487 g/mol. The smallest absolute Gasteiger partial charge is 0.475 e. The second-order valence-corrected chi connectivity index (χ2v) is 7.17. The summed E-state index contributed by atoms with van der Waals surface area (Å²) in [5.41, 5.74) is 2.57. The van der Waals surface area contributed by atoms with E-state index in [4.69, 9.17) is 19.8 Å². The summed E-state index contributed by atoms with van der Waals surface area (Å²) in [4.78, 5) is 25.8. The first-order valence-electron chi connectivity index (χ1n) is 8.81. The van der Waals surface area contributed by atoms with E-state index < -0.39 is 24.3 Å². The van der Waals surface area contributed by atoms with Gasteiger partial charge >= 0.3 is 24.3 Å². The molecule has 0 aliphatic carbocycles. The number of hydrogen-bond donors (Lipinski definition) is 3. The zero-order valence-corrected chi connectivity index (χ0v) is 17.1. The summed E-state index contributed by atoms with van der Waals surface area (Å²) in [5.74, 6) is -5.51. The van der Waals surface area contributed by atoms with Gasteiger partial charge < -0.3 is 15.5 Å². The first-order chi connectivity index (χ1) is 14.8. The SMILES string of the molecule is O=C(O)C(F)(F)F.O=C(O)C(F)(F)F.c1cc(-c2csc(CN3CCNCC3)c2)ccn1. The van der Waals surface area contributed by atoms with Crippen molar-refractivity contribution >= 4 is 23.3 Å². The van der Waals surface area contributed by atoms with Gasteiger partial charge in [-0.1, -0.05) is 0 Å². The van der Waals surface area contributed by atoms with E-state index in [0.717, 1.165) is 32.7 Å². The highest BCUT2D eigenvalue weighted by Gasteiger charge is 2.38. The van der Waals surface area contributed by atoms with Crippen LogP contribution in [0.15, 0.2) is 36.0 Å². The number of nitrogens with one attached hydrogen (secondary N) is 1. The first-order valence-corrected chi connectivity index (χ1v) is 9.69. The van der Waals surface area contributed by atoms with Crippen LogP contribution in [0.25, 0.3) is 11.1 Å². The topological polar surface area (TPSA) is 103 Å². The van der Waals surface area contributed by atoms with Gasteiger partial charge in [-0.25, -0.2) is 9.59 Å². The summed E-state index contributed by atoms with van der Waals surface area (Å²) in [6.45, 7) is 5.62. The van der Waals surface area contributed by atoms with Crippen molar-refractivity contribution in [1.29, 1.82) is 0 Å². The van der Waals surface area contributed by atoms with Crippen LogP contribution < -0.4 is 5.32 Å². The van der Waals surface area contributed by atoms with Gasteiger partial charge in [-0.2, -0.15) is 26.3 Å². The third-order valence-corrected chi connectivity index (χ3v) is 4.66. The maximum atomic E-state index is 10.6. The highest BCUT2D eigenvalue weighted by atomic mass is 32.1. The van der Waals surface area contributed by atoms with Crippen LogP contribution in [0.3, 0.4) is 0 Å². The van der Waals surface area contributed by atoms with Crippen LogP contribution in [0.5, 0.6) is 0 Å². The van der Waals surface area contributed by atoms with Gasteiger partial charge in [0.15, 0.2) is 0 Å². The molecule has 0 saturated carbocycles. The summed E-state index contributed by atoms with van der Waals surface area (Å²) in [6, 6.07) is 6.44. The first kappa shape index (κ1) is 27.3. The monoisotopic (exact) mass is 487 g/mol. The number of hydrogen-bond acceptors (Lipinski definition) is 6. The highest BCUT2D eigenvalue weighted by molar-refractivity contribution is 7.10. The standard InChI is InChI=1S/C14H17N3S.2C2HF3O2/c1-3-15-4-2-12(1)13-9-14(18-11-13)10-17-7-5-16-6-8-17;2*3-2(4,5)1(6)7/h1-4,9,11,16H,5-8,10H2;2*(H,6,7). The Kier molecular flexibility index (Phi) is 10.6. The fourth-order valence-electron chi connectivity index (χ4n) is 2.25. The fraction of sp³-hybridized carbons (Fsp3) is 0.389. The van der Waals surface area contributed by atoms with Gasteiger partial charge in [-0.15, -0.1) is 11.3 Å². The van der Waals surface area contributed by atoms with E-state index in [9.17, 15) is 26.3 Å².